The first-order valence-corrected chi connectivity index (χ1v) is 8.35. The molecule has 0 saturated heterocycles. The van der Waals surface area contributed by atoms with Crippen LogP contribution in [-0.2, 0) is 6.42 Å². The van der Waals surface area contributed by atoms with E-state index in [0.717, 1.165) is 16.9 Å². The van der Waals surface area contributed by atoms with Crippen molar-refractivity contribution in [1.29, 1.82) is 0 Å². The molecule has 0 fully saturated rings. The van der Waals surface area contributed by atoms with Crippen LogP contribution in [0.1, 0.15) is 33.3 Å². The van der Waals surface area contributed by atoms with Crippen molar-refractivity contribution in [3.05, 3.63) is 70.1 Å². The van der Waals surface area contributed by atoms with Gasteiger partial charge in [-0.25, -0.2) is 0 Å². The van der Waals surface area contributed by atoms with Gasteiger partial charge in [-0.1, -0.05) is 48.0 Å². The van der Waals surface area contributed by atoms with Gasteiger partial charge < -0.3 is 5.32 Å². The summed E-state index contributed by atoms with van der Waals surface area (Å²) in [4.78, 5) is 13.2. The second kappa shape index (κ2) is 6.32. The average Bonchev–Trinajstić information content (AvgIpc) is 2.89. The van der Waals surface area contributed by atoms with Crippen molar-refractivity contribution in [2.24, 2.45) is 0 Å². The predicted octanol–water partition coefficient (Wildman–Crippen LogP) is 4.55. The molecular formula is C19H19NOS. The molecule has 0 aliphatic heterocycles. The fraction of sp³-hybridized carbons (Fsp3) is 0.211. The normalized spacial score (nSPS) is 10.8. The van der Waals surface area contributed by atoms with E-state index in [1.54, 1.807) is 11.3 Å². The van der Waals surface area contributed by atoms with Crippen molar-refractivity contribution in [2.45, 2.75) is 20.3 Å². The number of hydrogen-bond donors (Lipinski definition) is 1. The molecule has 2 nitrogen and oxygen atoms in total. The van der Waals surface area contributed by atoms with Gasteiger partial charge in [0.1, 0.15) is 0 Å². The van der Waals surface area contributed by atoms with Crippen molar-refractivity contribution in [2.75, 3.05) is 6.54 Å². The molecule has 1 aromatic heterocycles. The van der Waals surface area contributed by atoms with Crippen LogP contribution in [0.3, 0.4) is 0 Å². The number of thiophene rings is 1. The topological polar surface area (TPSA) is 29.1 Å². The van der Waals surface area contributed by atoms with Gasteiger partial charge in [0.05, 0.1) is 4.88 Å². The summed E-state index contributed by atoms with van der Waals surface area (Å²) in [5, 5.41) is 4.12. The van der Waals surface area contributed by atoms with Gasteiger partial charge in [0, 0.05) is 11.2 Å². The zero-order chi connectivity index (χ0) is 15.5. The molecule has 0 unspecified atom stereocenters. The number of carbonyl (C=O) groups is 1. The first kappa shape index (κ1) is 14.8. The van der Waals surface area contributed by atoms with Crippen LogP contribution < -0.4 is 5.32 Å². The summed E-state index contributed by atoms with van der Waals surface area (Å²) >= 11 is 1.58. The van der Waals surface area contributed by atoms with Crippen LogP contribution in [0.5, 0.6) is 0 Å². The Balaban J connectivity index is 2.07. The summed E-state index contributed by atoms with van der Waals surface area (Å²) in [5.74, 6) is 0.0332. The number of amides is 1. The van der Waals surface area contributed by atoms with Gasteiger partial charge in [0.2, 0.25) is 0 Å². The molecule has 3 rings (SSSR count). The quantitative estimate of drug-likeness (QED) is 0.752. The van der Waals surface area contributed by atoms with Gasteiger partial charge in [-0.05, 0) is 42.8 Å². The summed E-state index contributed by atoms with van der Waals surface area (Å²) in [6.45, 7) is 4.69. The maximum atomic E-state index is 12.4. The molecule has 0 saturated carbocycles. The number of hydrogen-bond acceptors (Lipinski definition) is 2. The lowest BCUT2D eigenvalue weighted by Crippen LogP contribution is -2.22. The largest absolute Gasteiger partial charge is 0.352 e. The van der Waals surface area contributed by atoms with Crippen LogP contribution in [0.25, 0.3) is 10.1 Å². The monoisotopic (exact) mass is 309 g/mol. The smallest absolute Gasteiger partial charge is 0.261 e. The Morgan fingerprint density at radius 1 is 1.09 bits per heavy atom. The summed E-state index contributed by atoms with van der Waals surface area (Å²) in [6.07, 6.45) is 0.788. The van der Waals surface area contributed by atoms with Gasteiger partial charge in [-0.3, -0.25) is 4.79 Å². The Labute approximate surface area is 134 Å². The number of carbonyl (C=O) groups excluding carboxylic acids is 1. The van der Waals surface area contributed by atoms with Crippen molar-refractivity contribution in [1.82, 2.24) is 5.32 Å². The highest BCUT2D eigenvalue weighted by Crippen LogP contribution is 2.33. The standard InChI is InChI=1S/C19H19NOS/c1-3-20-19(21)18-16(12-14-10-8-13(2)9-11-14)15-6-4-5-7-17(15)22-18/h4-11H,3,12H2,1-2H3,(H,20,21). The molecule has 1 N–H and O–H groups in total. The van der Waals surface area contributed by atoms with E-state index in [-0.39, 0.29) is 5.91 Å². The lowest BCUT2D eigenvalue weighted by Gasteiger charge is -2.06. The van der Waals surface area contributed by atoms with E-state index < -0.39 is 0 Å². The molecule has 0 bridgehead atoms. The van der Waals surface area contributed by atoms with E-state index in [4.69, 9.17) is 0 Å². The molecule has 0 atom stereocenters. The summed E-state index contributed by atoms with van der Waals surface area (Å²) < 4.78 is 1.17. The molecule has 0 aliphatic carbocycles. The molecule has 0 radical (unpaired) electrons. The molecule has 1 heterocycles. The van der Waals surface area contributed by atoms with Crippen LogP contribution in [0.4, 0.5) is 0 Å². The van der Waals surface area contributed by atoms with Crippen LogP contribution in [-0.4, -0.2) is 12.5 Å². The number of benzene rings is 2. The Hall–Kier alpha value is -2.13. The fourth-order valence-electron chi connectivity index (χ4n) is 2.61. The Bertz CT molecular complexity index is 802. The zero-order valence-corrected chi connectivity index (χ0v) is 13.7. The Morgan fingerprint density at radius 3 is 2.55 bits per heavy atom. The van der Waals surface area contributed by atoms with Gasteiger partial charge in [-0.15, -0.1) is 11.3 Å². The first-order valence-electron chi connectivity index (χ1n) is 7.53. The minimum absolute atomic E-state index is 0.0332. The lowest BCUT2D eigenvalue weighted by atomic mass is 10.0. The highest BCUT2D eigenvalue weighted by atomic mass is 32.1. The summed E-state index contributed by atoms with van der Waals surface area (Å²) in [5.41, 5.74) is 3.62. The Kier molecular flexibility index (Phi) is 4.25. The third-order valence-corrected chi connectivity index (χ3v) is 4.96. The predicted molar refractivity (Wildman–Crippen MR) is 93.8 cm³/mol. The maximum absolute atomic E-state index is 12.4. The molecule has 2 aromatic carbocycles. The van der Waals surface area contributed by atoms with Crippen LogP contribution in [0.2, 0.25) is 0 Å². The molecule has 0 aliphatic rings. The van der Waals surface area contributed by atoms with E-state index in [1.165, 1.54) is 21.2 Å². The van der Waals surface area contributed by atoms with Crippen LogP contribution in [0.15, 0.2) is 48.5 Å². The maximum Gasteiger partial charge on any atom is 0.261 e. The molecule has 22 heavy (non-hydrogen) atoms. The Morgan fingerprint density at radius 2 is 1.82 bits per heavy atom. The van der Waals surface area contributed by atoms with Crippen molar-refractivity contribution in [3.8, 4) is 0 Å². The molecule has 3 aromatic rings. The number of fused-ring (bicyclic) bond motifs is 1. The van der Waals surface area contributed by atoms with E-state index in [9.17, 15) is 4.79 Å². The third kappa shape index (κ3) is 2.90. The second-order valence-electron chi connectivity index (χ2n) is 5.43. The van der Waals surface area contributed by atoms with E-state index in [0.29, 0.717) is 6.54 Å². The summed E-state index contributed by atoms with van der Waals surface area (Å²) in [6, 6.07) is 16.8. The van der Waals surface area contributed by atoms with Crippen LogP contribution >= 0.6 is 11.3 Å². The minimum atomic E-state index is 0.0332. The van der Waals surface area contributed by atoms with Crippen molar-refractivity contribution in [3.63, 3.8) is 0 Å². The van der Waals surface area contributed by atoms with Crippen molar-refractivity contribution < 1.29 is 4.79 Å². The molecular weight excluding hydrogens is 290 g/mol. The first-order chi connectivity index (χ1) is 10.7. The third-order valence-electron chi connectivity index (χ3n) is 3.74. The van der Waals surface area contributed by atoms with Crippen molar-refractivity contribution >= 4 is 27.3 Å². The van der Waals surface area contributed by atoms with Gasteiger partial charge in [0.15, 0.2) is 0 Å². The SMILES string of the molecule is CCNC(=O)c1sc2ccccc2c1Cc1ccc(C)cc1. The fourth-order valence-corrected chi connectivity index (χ4v) is 3.75. The lowest BCUT2D eigenvalue weighted by molar-refractivity contribution is 0.0959. The molecule has 1 amide bonds. The number of aryl methyl sites for hydroxylation is 1. The van der Waals surface area contributed by atoms with E-state index in [1.807, 2.05) is 19.1 Å². The van der Waals surface area contributed by atoms with Gasteiger partial charge >= 0.3 is 0 Å². The highest BCUT2D eigenvalue weighted by Gasteiger charge is 2.17. The van der Waals surface area contributed by atoms with E-state index >= 15 is 0 Å². The molecule has 112 valence electrons. The van der Waals surface area contributed by atoms with Gasteiger partial charge in [0.25, 0.3) is 5.91 Å². The summed E-state index contributed by atoms with van der Waals surface area (Å²) in [7, 11) is 0. The average molecular weight is 309 g/mol. The van der Waals surface area contributed by atoms with Crippen LogP contribution in [0, 0.1) is 6.92 Å². The minimum Gasteiger partial charge on any atom is -0.352 e. The number of rotatable bonds is 4. The zero-order valence-electron chi connectivity index (χ0n) is 12.8. The van der Waals surface area contributed by atoms with E-state index in [2.05, 4.69) is 48.6 Å². The molecule has 0 spiro atoms. The second-order valence-corrected chi connectivity index (χ2v) is 6.48. The molecule has 3 heteroatoms. The number of nitrogens with one attached hydrogen (secondary N) is 1. The van der Waals surface area contributed by atoms with Gasteiger partial charge in [-0.2, -0.15) is 0 Å². The highest BCUT2D eigenvalue weighted by molar-refractivity contribution is 7.21.